The van der Waals surface area contributed by atoms with Gasteiger partial charge in [-0.1, -0.05) is 230 Å². The monoisotopic (exact) mass is 836 g/mol. The van der Waals surface area contributed by atoms with Gasteiger partial charge in [-0.3, -0.25) is 0 Å². The molecule has 3 heteroatoms. The third-order valence-electron chi connectivity index (χ3n) is 13.6. The van der Waals surface area contributed by atoms with Gasteiger partial charge in [0.15, 0.2) is 0 Å². The number of fused-ring (bicyclic) bond motifs is 4. The van der Waals surface area contributed by atoms with Crippen molar-refractivity contribution in [2.45, 2.75) is 52.4 Å². The first-order valence-electron chi connectivity index (χ1n) is 23.1. The zero-order valence-electron chi connectivity index (χ0n) is 38.2. The van der Waals surface area contributed by atoms with Crippen LogP contribution in [-0.4, -0.2) is 6.71 Å². The molecule has 2 aliphatic rings. The van der Waals surface area contributed by atoms with Crippen LogP contribution in [0.2, 0.25) is 0 Å². The second-order valence-electron chi connectivity index (χ2n) is 19.7. The fourth-order valence-corrected chi connectivity index (χ4v) is 10.3. The zero-order chi connectivity index (χ0) is 44.5. The second-order valence-corrected chi connectivity index (χ2v) is 19.7. The van der Waals surface area contributed by atoms with E-state index >= 15 is 0 Å². The summed E-state index contributed by atoms with van der Waals surface area (Å²) >= 11 is 0. The lowest BCUT2D eigenvalue weighted by Gasteiger charge is -2.46. The SMILES string of the molecule is CC(C)(C)c1ccc2c(c1)N(c1c(-c3ccccc3)cccc1-c1ccccc1)c1cccc3c1B2c1ccc(C(C)(C)C)cc1N3c1c(-c2ccccc2)cccc1-c1ccccc1. The summed E-state index contributed by atoms with van der Waals surface area (Å²) < 4.78 is 0. The van der Waals surface area contributed by atoms with E-state index in [-0.39, 0.29) is 17.5 Å². The van der Waals surface area contributed by atoms with Crippen molar-refractivity contribution in [2.75, 3.05) is 9.80 Å². The van der Waals surface area contributed by atoms with Crippen LogP contribution in [0.25, 0.3) is 44.5 Å². The van der Waals surface area contributed by atoms with Crippen molar-refractivity contribution in [3.63, 3.8) is 0 Å². The first kappa shape index (κ1) is 40.4. The summed E-state index contributed by atoms with van der Waals surface area (Å²) in [5, 5.41) is 0. The maximum atomic E-state index is 2.62. The Morgan fingerprint density at radius 1 is 0.308 bits per heavy atom. The van der Waals surface area contributed by atoms with E-state index in [0.29, 0.717) is 0 Å². The average Bonchev–Trinajstić information content (AvgIpc) is 3.34. The largest absolute Gasteiger partial charge is 0.310 e. The van der Waals surface area contributed by atoms with Crippen LogP contribution in [0, 0.1) is 0 Å². The molecule has 0 amide bonds. The first-order chi connectivity index (χ1) is 31.6. The Balaban J connectivity index is 1.29. The van der Waals surface area contributed by atoms with Crippen LogP contribution in [0.3, 0.4) is 0 Å². The van der Waals surface area contributed by atoms with Gasteiger partial charge in [0.2, 0.25) is 0 Å². The smallest absolute Gasteiger partial charge is 0.252 e. The van der Waals surface area contributed by atoms with E-state index < -0.39 is 0 Å². The van der Waals surface area contributed by atoms with E-state index in [9.17, 15) is 0 Å². The molecule has 0 N–H and O–H groups in total. The quantitative estimate of drug-likeness (QED) is 0.154. The Morgan fingerprint density at radius 2 is 0.615 bits per heavy atom. The number of nitrogens with zero attached hydrogens (tertiary/aromatic N) is 2. The number of rotatable bonds is 6. The molecule has 0 aliphatic carbocycles. The molecule has 0 unspecified atom stereocenters. The van der Waals surface area contributed by atoms with E-state index in [2.05, 4.69) is 264 Å². The minimum atomic E-state index is -0.0676. The highest BCUT2D eigenvalue weighted by Gasteiger charge is 2.45. The third-order valence-corrected chi connectivity index (χ3v) is 13.6. The lowest BCUT2D eigenvalue weighted by atomic mass is 9.33. The highest BCUT2D eigenvalue weighted by Crippen LogP contribution is 2.52. The molecule has 2 heterocycles. The molecule has 11 rings (SSSR count). The summed E-state index contributed by atoms with van der Waals surface area (Å²) in [6.45, 7) is 14.0. The fraction of sp³-hybridized carbons (Fsp3) is 0.129. The Labute approximate surface area is 385 Å². The van der Waals surface area contributed by atoms with Crippen molar-refractivity contribution in [1.82, 2.24) is 0 Å². The molecule has 0 bridgehead atoms. The average molecular weight is 837 g/mol. The highest BCUT2D eigenvalue weighted by atomic mass is 15.2. The maximum Gasteiger partial charge on any atom is 0.252 e. The van der Waals surface area contributed by atoms with Gasteiger partial charge in [0.25, 0.3) is 6.71 Å². The molecule has 9 aromatic rings. The van der Waals surface area contributed by atoms with Gasteiger partial charge in [-0.05, 0) is 84.9 Å². The molecular formula is C62H53BN2. The summed E-state index contributed by atoms with van der Waals surface area (Å²) in [5.41, 5.74) is 23.1. The predicted octanol–water partition coefficient (Wildman–Crippen LogP) is 15.0. The highest BCUT2D eigenvalue weighted by molar-refractivity contribution is 7.00. The van der Waals surface area contributed by atoms with Gasteiger partial charge in [-0.2, -0.15) is 0 Å². The van der Waals surface area contributed by atoms with E-state index in [1.807, 2.05) is 0 Å². The van der Waals surface area contributed by atoms with Crippen molar-refractivity contribution < 1.29 is 0 Å². The Hall–Kier alpha value is -7.36. The molecule has 0 aromatic heterocycles. The Bertz CT molecular complexity index is 2890. The van der Waals surface area contributed by atoms with Crippen LogP contribution in [-0.2, 0) is 10.8 Å². The Morgan fingerprint density at radius 3 is 0.923 bits per heavy atom. The van der Waals surface area contributed by atoms with Crippen LogP contribution in [0.4, 0.5) is 34.1 Å². The molecule has 0 spiro atoms. The Kier molecular flexibility index (Phi) is 9.77. The number of anilines is 6. The molecule has 0 saturated carbocycles. The van der Waals surface area contributed by atoms with E-state index in [1.165, 1.54) is 106 Å². The molecule has 65 heavy (non-hydrogen) atoms. The lowest BCUT2D eigenvalue weighted by Crippen LogP contribution is -2.61. The van der Waals surface area contributed by atoms with Crippen LogP contribution < -0.4 is 26.2 Å². The van der Waals surface area contributed by atoms with Crippen molar-refractivity contribution in [3.05, 3.63) is 223 Å². The topological polar surface area (TPSA) is 6.48 Å². The van der Waals surface area contributed by atoms with Crippen LogP contribution in [0.15, 0.2) is 212 Å². The molecule has 2 aliphatic heterocycles. The van der Waals surface area contributed by atoms with Crippen LogP contribution >= 0.6 is 0 Å². The van der Waals surface area contributed by atoms with Gasteiger partial charge in [-0.25, -0.2) is 0 Å². The zero-order valence-corrected chi connectivity index (χ0v) is 38.2. The fourth-order valence-electron chi connectivity index (χ4n) is 10.3. The second kappa shape index (κ2) is 15.7. The molecule has 0 saturated heterocycles. The van der Waals surface area contributed by atoms with Crippen molar-refractivity contribution >= 4 is 57.2 Å². The normalized spacial score (nSPS) is 13.0. The molecule has 0 radical (unpaired) electrons. The van der Waals surface area contributed by atoms with Gasteiger partial charge < -0.3 is 9.80 Å². The van der Waals surface area contributed by atoms with Crippen LogP contribution in [0.5, 0.6) is 0 Å². The molecule has 314 valence electrons. The number of hydrogen-bond acceptors (Lipinski definition) is 2. The molecule has 9 aromatic carbocycles. The summed E-state index contributed by atoms with van der Waals surface area (Å²) in [6.07, 6.45) is 0. The van der Waals surface area contributed by atoms with Gasteiger partial charge in [0.1, 0.15) is 0 Å². The number of para-hydroxylation sites is 2. The van der Waals surface area contributed by atoms with E-state index in [0.717, 1.165) is 0 Å². The van der Waals surface area contributed by atoms with E-state index in [1.54, 1.807) is 0 Å². The first-order valence-corrected chi connectivity index (χ1v) is 23.1. The van der Waals surface area contributed by atoms with Crippen molar-refractivity contribution in [2.24, 2.45) is 0 Å². The summed E-state index contributed by atoms with van der Waals surface area (Å²) in [5.74, 6) is 0. The minimum absolute atomic E-state index is 0.0186. The molecule has 0 atom stereocenters. The van der Waals surface area contributed by atoms with Crippen molar-refractivity contribution in [1.29, 1.82) is 0 Å². The summed E-state index contributed by atoms with van der Waals surface area (Å²) in [7, 11) is 0. The van der Waals surface area contributed by atoms with Gasteiger partial charge in [-0.15, -0.1) is 0 Å². The molecule has 2 nitrogen and oxygen atoms in total. The van der Waals surface area contributed by atoms with E-state index in [4.69, 9.17) is 0 Å². The number of benzene rings is 9. The minimum Gasteiger partial charge on any atom is -0.310 e. The van der Waals surface area contributed by atoms with Crippen LogP contribution in [0.1, 0.15) is 52.7 Å². The summed E-state index contributed by atoms with van der Waals surface area (Å²) in [4.78, 5) is 5.25. The number of hydrogen-bond donors (Lipinski definition) is 0. The molecule has 0 fully saturated rings. The maximum absolute atomic E-state index is 2.62. The standard InChI is InChI=1S/C62H53BN2/c1-61(2,3)46-36-38-52-56(40-46)64(59-48(42-22-11-7-12-23-42)30-19-31-49(59)43-24-13-8-14-25-43)54-34-21-35-55-58(54)63(52)53-39-37-47(62(4,5)6)41-57(53)65(55)60-50(44-26-15-9-16-27-44)32-20-33-51(60)45-28-17-10-18-29-45/h7-41H,1-6H3. The van der Waals surface area contributed by atoms with Gasteiger partial charge in [0, 0.05) is 45.0 Å². The van der Waals surface area contributed by atoms with Gasteiger partial charge in [0.05, 0.1) is 11.4 Å². The summed E-state index contributed by atoms with van der Waals surface area (Å²) in [6, 6.07) is 79.2. The van der Waals surface area contributed by atoms with Crippen molar-refractivity contribution in [3.8, 4) is 44.5 Å². The van der Waals surface area contributed by atoms with Gasteiger partial charge >= 0.3 is 0 Å². The predicted molar refractivity (Wildman–Crippen MR) is 280 cm³/mol. The third kappa shape index (κ3) is 6.89. The molecular weight excluding hydrogens is 784 g/mol. The lowest BCUT2D eigenvalue weighted by molar-refractivity contribution is 0.590.